The Kier molecular flexibility index (Phi) is 5.42. The van der Waals surface area contributed by atoms with E-state index in [1.807, 2.05) is 27.7 Å². The molecule has 3 aliphatic rings. The highest BCUT2D eigenvalue weighted by Crippen LogP contribution is 2.57. The van der Waals surface area contributed by atoms with Gasteiger partial charge in [0.15, 0.2) is 0 Å². The second kappa shape index (κ2) is 7.25. The molecule has 28 heavy (non-hydrogen) atoms. The summed E-state index contributed by atoms with van der Waals surface area (Å²) in [5, 5.41) is 32.6. The summed E-state index contributed by atoms with van der Waals surface area (Å²) in [6, 6.07) is 0. The predicted molar refractivity (Wildman–Crippen MR) is 104 cm³/mol. The van der Waals surface area contributed by atoms with Gasteiger partial charge in [-0.15, -0.1) is 0 Å². The number of Topliss-reactive ketones (excluding diaryl/α,β-unsaturated/α-hetero) is 2. The average molecular weight is 390 g/mol. The Bertz CT molecular complexity index is 817. The van der Waals surface area contributed by atoms with Crippen molar-refractivity contribution < 1.29 is 29.6 Å². The van der Waals surface area contributed by atoms with E-state index in [1.54, 1.807) is 6.92 Å². The normalized spacial score (nSPS) is 34.6. The van der Waals surface area contributed by atoms with E-state index in [-0.39, 0.29) is 35.0 Å². The molecule has 154 valence electrons. The molecule has 0 unspecified atom stereocenters. The molecule has 0 aliphatic heterocycles. The second-order valence-electron chi connectivity index (χ2n) is 8.54. The number of ether oxygens (including phenoxy) is 1. The molecule has 6 nitrogen and oxygen atoms in total. The summed E-state index contributed by atoms with van der Waals surface area (Å²) in [5.41, 5.74) is 1.39. The average Bonchev–Trinajstić information content (AvgIpc) is 2.63. The number of allylic oxidation sites excluding steroid dienone is 2. The van der Waals surface area contributed by atoms with Crippen LogP contribution in [0.15, 0.2) is 33.6 Å². The predicted octanol–water partition coefficient (Wildman–Crippen LogP) is 2.55. The number of carbonyl (C=O) groups excluding carboxylic acids is 2. The number of rotatable bonds is 4. The molecule has 0 saturated carbocycles. The highest BCUT2D eigenvalue weighted by molar-refractivity contribution is 6.50. The van der Waals surface area contributed by atoms with E-state index in [4.69, 9.17) is 4.74 Å². The summed E-state index contributed by atoms with van der Waals surface area (Å²) in [6.45, 7) is 9.76. The van der Waals surface area contributed by atoms with Gasteiger partial charge in [0.2, 0.25) is 11.6 Å². The van der Waals surface area contributed by atoms with E-state index >= 15 is 0 Å². The Morgan fingerprint density at radius 2 is 1.86 bits per heavy atom. The molecule has 0 saturated heterocycles. The van der Waals surface area contributed by atoms with Crippen molar-refractivity contribution in [1.29, 1.82) is 0 Å². The summed E-state index contributed by atoms with van der Waals surface area (Å²) in [6.07, 6.45) is -1.57. The summed E-state index contributed by atoms with van der Waals surface area (Å²) in [4.78, 5) is 26.0. The molecule has 0 bridgehead atoms. The van der Waals surface area contributed by atoms with Crippen LogP contribution in [0, 0.1) is 11.3 Å². The summed E-state index contributed by atoms with van der Waals surface area (Å²) >= 11 is 0. The lowest BCUT2D eigenvalue weighted by Crippen LogP contribution is -2.55. The van der Waals surface area contributed by atoms with E-state index in [0.29, 0.717) is 13.0 Å². The maximum Gasteiger partial charge on any atom is 0.233 e. The van der Waals surface area contributed by atoms with Crippen LogP contribution in [0.3, 0.4) is 0 Å². The molecule has 0 fully saturated rings. The lowest BCUT2D eigenvalue weighted by atomic mass is 9.53. The van der Waals surface area contributed by atoms with E-state index in [2.05, 4.69) is 0 Å². The maximum atomic E-state index is 13.2. The highest BCUT2D eigenvalue weighted by Gasteiger charge is 2.57. The van der Waals surface area contributed by atoms with Gasteiger partial charge in [0.1, 0.15) is 11.9 Å². The van der Waals surface area contributed by atoms with Crippen LogP contribution in [-0.2, 0) is 14.3 Å². The van der Waals surface area contributed by atoms with E-state index in [9.17, 15) is 24.9 Å². The van der Waals surface area contributed by atoms with Crippen molar-refractivity contribution in [3.8, 4) is 0 Å². The number of hydrogen-bond donors (Lipinski definition) is 3. The largest absolute Gasteiger partial charge is 0.507 e. The molecule has 0 spiro atoms. The minimum Gasteiger partial charge on any atom is -0.507 e. The van der Waals surface area contributed by atoms with Crippen LogP contribution in [0.1, 0.15) is 53.9 Å². The van der Waals surface area contributed by atoms with Gasteiger partial charge in [-0.2, -0.15) is 0 Å². The minimum absolute atomic E-state index is 0.0156. The fraction of sp³-hybridized carbons (Fsp3) is 0.636. The zero-order valence-corrected chi connectivity index (χ0v) is 17.2. The third-order valence-corrected chi connectivity index (χ3v) is 6.84. The lowest BCUT2D eigenvalue weighted by Gasteiger charge is -2.52. The smallest absolute Gasteiger partial charge is 0.233 e. The minimum atomic E-state index is -1.43. The monoisotopic (exact) mass is 390 g/mol. The first-order valence-electron chi connectivity index (χ1n) is 9.96. The molecule has 0 heterocycles. The molecule has 0 aromatic carbocycles. The van der Waals surface area contributed by atoms with Crippen LogP contribution in [-0.4, -0.2) is 51.8 Å². The third-order valence-electron chi connectivity index (χ3n) is 6.84. The van der Waals surface area contributed by atoms with Crippen LogP contribution in [0.25, 0.3) is 0 Å². The molecule has 0 radical (unpaired) electrons. The molecule has 0 aromatic heterocycles. The van der Waals surface area contributed by atoms with Crippen molar-refractivity contribution in [1.82, 2.24) is 0 Å². The van der Waals surface area contributed by atoms with Gasteiger partial charge in [0, 0.05) is 41.1 Å². The number of carbonyl (C=O) groups is 2. The summed E-state index contributed by atoms with van der Waals surface area (Å²) in [7, 11) is 0. The molecule has 5 atom stereocenters. The number of fused-ring (bicyclic) bond motifs is 2. The van der Waals surface area contributed by atoms with Gasteiger partial charge in [0.25, 0.3) is 0 Å². The fourth-order valence-electron chi connectivity index (χ4n) is 5.25. The van der Waals surface area contributed by atoms with Gasteiger partial charge in [-0.25, -0.2) is 0 Å². The van der Waals surface area contributed by atoms with E-state index < -0.39 is 35.1 Å². The first-order chi connectivity index (χ1) is 13.1. The Labute approximate surface area is 165 Å². The highest BCUT2D eigenvalue weighted by atomic mass is 16.5. The van der Waals surface area contributed by atoms with E-state index in [1.165, 1.54) is 0 Å². The van der Waals surface area contributed by atoms with E-state index in [0.717, 1.165) is 17.6 Å². The number of ketones is 2. The van der Waals surface area contributed by atoms with Crippen molar-refractivity contribution in [3.05, 3.63) is 33.6 Å². The maximum absolute atomic E-state index is 13.2. The first-order valence-corrected chi connectivity index (χ1v) is 9.96. The number of aliphatic hydroxyl groups is 3. The molecule has 3 rings (SSSR count). The standard InChI is InChI=1S/C22H30O6/c1-6-28-11(3)9-13-17(23)14-16(21(27)18(13)24)22(5)8-7-10(2)12(4)15(22)20(26)19(14)25/h11,15,19-20,23,25-26H,6-9H2,1-5H3/t11-,15-,19+,20-,22+/m1/s1. The molecule has 0 aromatic rings. The van der Waals surface area contributed by atoms with Gasteiger partial charge >= 0.3 is 0 Å². The molecule has 3 aliphatic carbocycles. The zero-order valence-electron chi connectivity index (χ0n) is 17.2. The van der Waals surface area contributed by atoms with Crippen LogP contribution >= 0.6 is 0 Å². The van der Waals surface area contributed by atoms with Crippen molar-refractivity contribution in [2.45, 2.75) is 72.2 Å². The first kappa shape index (κ1) is 21.0. The lowest BCUT2D eigenvalue weighted by molar-refractivity contribution is -0.135. The van der Waals surface area contributed by atoms with Gasteiger partial charge < -0.3 is 20.1 Å². The van der Waals surface area contributed by atoms with Gasteiger partial charge in [-0.05, 0) is 40.5 Å². The topological polar surface area (TPSA) is 104 Å². The molecule has 6 heteroatoms. The number of aliphatic hydroxyl groups excluding tert-OH is 3. The van der Waals surface area contributed by atoms with Crippen LogP contribution < -0.4 is 0 Å². The number of hydrogen-bond acceptors (Lipinski definition) is 6. The van der Waals surface area contributed by atoms with Crippen LogP contribution in [0.5, 0.6) is 0 Å². The third kappa shape index (κ3) is 2.90. The Morgan fingerprint density at radius 1 is 1.21 bits per heavy atom. The zero-order chi connectivity index (χ0) is 21.0. The van der Waals surface area contributed by atoms with Gasteiger partial charge in [-0.3, -0.25) is 9.59 Å². The van der Waals surface area contributed by atoms with Crippen molar-refractivity contribution in [2.75, 3.05) is 6.61 Å². The SMILES string of the molecule is CCO[C@H](C)CC1=C(O)C2=C(C(=O)C1=O)[C@@]1(C)CCC(C)=C(C)[C@@H]1[C@@H](O)[C@H]2O. The summed E-state index contributed by atoms with van der Waals surface area (Å²) < 4.78 is 5.45. The van der Waals surface area contributed by atoms with Crippen LogP contribution in [0.4, 0.5) is 0 Å². The quantitative estimate of drug-likeness (QED) is 0.387. The Balaban J connectivity index is 2.19. The Hall–Kier alpha value is -1.76. The summed E-state index contributed by atoms with van der Waals surface area (Å²) in [5.74, 6) is -2.27. The van der Waals surface area contributed by atoms with Crippen molar-refractivity contribution in [3.63, 3.8) is 0 Å². The van der Waals surface area contributed by atoms with Crippen molar-refractivity contribution in [2.24, 2.45) is 11.3 Å². The molecule has 0 amide bonds. The molecule has 3 N–H and O–H groups in total. The Morgan fingerprint density at radius 3 is 2.46 bits per heavy atom. The van der Waals surface area contributed by atoms with Crippen LogP contribution in [0.2, 0.25) is 0 Å². The molecular weight excluding hydrogens is 360 g/mol. The van der Waals surface area contributed by atoms with Gasteiger partial charge in [0.05, 0.1) is 12.2 Å². The van der Waals surface area contributed by atoms with Crippen molar-refractivity contribution >= 4 is 11.6 Å². The van der Waals surface area contributed by atoms with Gasteiger partial charge in [-0.1, -0.05) is 18.1 Å². The molecular formula is C22H30O6. The second-order valence-corrected chi connectivity index (χ2v) is 8.54. The fourth-order valence-corrected chi connectivity index (χ4v) is 5.25.